The van der Waals surface area contributed by atoms with Crippen LogP contribution in [0.3, 0.4) is 0 Å². The lowest BCUT2D eigenvalue weighted by Gasteiger charge is -2.22. The Morgan fingerprint density at radius 3 is 2.44 bits per heavy atom. The van der Waals surface area contributed by atoms with E-state index in [1.54, 1.807) is 0 Å². The van der Waals surface area contributed by atoms with Crippen molar-refractivity contribution in [3.8, 4) is 0 Å². The maximum absolute atomic E-state index is 12.5. The number of rotatable bonds is 6. The van der Waals surface area contributed by atoms with Gasteiger partial charge in [-0.05, 0) is 30.5 Å². The molecule has 1 aromatic heterocycles. The van der Waals surface area contributed by atoms with Crippen molar-refractivity contribution in [3.05, 3.63) is 59.8 Å². The molecule has 3 nitrogen and oxygen atoms in total. The van der Waals surface area contributed by atoms with Crippen LogP contribution in [-0.4, -0.2) is 27.6 Å². The van der Waals surface area contributed by atoms with Crippen LogP contribution in [0, 0.1) is 0 Å². The SMILES string of the molecule is O=C(CSc1ccc(C(F)(F)F)cn1)N(Cc1ccccc1)C1CC1. The van der Waals surface area contributed by atoms with Crippen LogP contribution in [0.4, 0.5) is 13.2 Å². The van der Waals surface area contributed by atoms with Gasteiger partial charge in [0.15, 0.2) is 0 Å². The van der Waals surface area contributed by atoms with Crippen LogP contribution in [0.1, 0.15) is 24.0 Å². The van der Waals surface area contributed by atoms with Crippen molar-refractivity contribution in [2.45, 2.75) is 36.6 Å². The van der Waals surface area contributed by atoms with E-state index in [1.807, 2.05) is 35.2 Å². The minimum atomic E-state index is -4.40. The number of nitrogens with zero attached hydrogens (tertiary/aromatic N) is 2. The molecule has 1 saturated carbocycles. The van der Waals surface area contributed by atoms with E-state index in [-0.39, 0.29) is 17.7 Å². The van der Waals surface area contributed by atoms with Gasteiger partial charge in [-0.2, -0.15) is 13.2 Å². The Morgan fingerprint density at radius 1 is 1.16 bits per heavy atom. The molecule has 0 atom stereocenters. The number of thioether (sulfide) groups is 1. The minimum Gasteiger partial charge on any atom is -0.335 e. The van der Waals surface area contributed by atoms with Crippen molar-refractivity contribution in [1.82, 2.24) is 9.88 Å². The molecule has 1 aliphatic carbocycles. The van der Waals surface area contributed by atoms with E-state index in [0.717, 1.165) is 42.4 Å². The Kier molecular flexibility index (Phi) is 5.32. The summed E-state index contributed by atoms with van der Waals surface area (Å²) in [7, 11) is 0. The lowest BCUT2D eigenvalue weighted by atomic mass is 10.2. The van der Waals surface area contributed by atoms with Crippen molar-refractivity contribution >= 4 is 17.7 Å². The maximum Gasteiger partial charge on any atom is 0.417 e. The largest absolute Gasteiger partial charge is 0.417 e. The molecule has 1 heterocycles. The molecule has 1 aliphatic rings. The molecule has 0 aliphatic heterocycles. The van der Waals surface area contributed by atoms with Gasteiger partial charge in [-0.3, -0.25) is 4.79 Å². The number of aromatic nitrogens is 1. The molecule has 1 aromatic carbocycles. The second-order valence-corrected chi connectivity index (χ2v) is 6.91. The number of halogens is 3. The number of benzene rings is 1. The highest BCUT2D eigenvalue weighted by molar-refractivity contribution is 7.99. The van der Waals surface area contributed by atoms with Gasteiger partial charge >= 0.3 is 6.18 Å². The summed E-state index contributed by atoms with van der Waals surface area (Å²) in [6.07, 6.45) is -1.59. The maximum atomic E-state index is 12.5. The Balaban J connectivity index is 1.58. The zero-order valence-electron chi connectivity index (χ0n) is 13.4. The van der Waals surface area contributed by atoms with Crippen LogP contribution >= 0.6 is 11.8 Å². The van der Waals surface area contributed by atoms with Crippen molar-refractivity contribution in [3.63, 3.8) is 0 Å². The molecular formula is C18H17F3N2OS. The van der Waals surface area contributed by atoms with E-state index in [2.05, 4.69) is 4.98 Å². The predicted molar refractivity (Wildman–Crippen MR) is 90.0 cm³/mol. The summed E-state index contributed by atoms with van der Waals surface area (Å²) in [6.45, 7) is 0.561. The van der Waals surface area contributed by atoms with Crippen LogP contribution < -0.4 is 0 Å². The summed E-state index contributed by atoms with van der Waals surface area (Å²) in [4.78, 5) is 18.2. The fourth-order valence-electron chi connectivity index (χ4n) is 2.44. The van der Waals surface area contributed by atoms with E-state index in [1.165, 1.54) is 6.07 Å². The number of alkyl halides is 3. The summed E-state index contributed by atoms with van der Waals surface area (Å²) in [5.74, 6) is 0.153. The van der Waals surface area contributed by atoms with Gasteiger partial charge < -0.3 is 4.90 Å². The number of hydrogen-bond acceptors (Lipinski definition) is 3. The molecule has 7 heteroatoms. The average Bonchev–Trinajstić information content (AvgIpc) is 3.43. The Morgan fingerprint density at radius 2 is 1.88 bits per heavy atom. The van der Waals surface area contributed by atoms with Crippen LogP contribution in [0.25, 0.3) is 0 Å². The van der Waals surface area contributed by atoms with Gasteiger partial charge in [0.05, 0.1) is 16.3 Å². The van der Waals surface area contributed by atoms with Gasteiger partial charge in [0.25, 0.3) is 0 Å². The number of pyridine rings is 1. The molecule has 1 fully saturated rings. The zero-order valence-corrected chi connectivity index (χ0v) is 14.2. The number of carbonyl (C=O) groups excluding carboxylic acids is 1. The normalized spacial score (nSPS) is 14.4. The van der Waals surface area contributed by atoms with Gasteiger partial charge in [0.1, 0.15) is 0 Å². The highest BCUT2D eigenvalue weighted by atomic mass is 32.2. The first-order chi connectivity index (χ1) is 11.9. The van der Waals surface area contributed by atoms with Crippen LogP contribution in [0.5, 0.6) is 0 Å². The van der Waals surface area contributed by atoms with E-state index < -0.39 is 11.7 Å². The standard InChI is InChI=1S/C18H17F3N2OS/c19-18(20,21)14-6-9-16(22-10-14)25-12-17(24)23(15-7-8-15)11-13-4-2-1-3-5-13/h1-6,9-10,15H,7-8,11-12H2. The molecule has 0 spiro atoms. The number of hydrogen-bond donors (Lipinski definition) is 0. The van der Waals surface area contributed by atoms with Crippen molar-refractivity contribution in [2.75, 3.05) is 5.75 Å². The lowest BCUT2D eigenvalue weighted by Crippen LogP contribution is -2.33. The van der Waals surface area contributed by atoms with Gasteiger partial charge in [0, 0.05) is 18.8 Å². The molecule has 25 heavy (non-hydrogen) atoms. The fraction of sp³-hybridized carbons (Fsp3) is 0.333. The highest BCUT2D eigenvalue weighted by Gasteiger charge is 2.33. The Bertz CT molecular complexity index is 715. The third kappa shape index (κ3) is 4.98. The minimum absolute atomic E-state index is 0.0157. The molecule has 0 radical (unpaired) electrons. The van der Waals surface area contributed by atoms with Crippen molar-refractivity contribution in [2.24, 2.45) is 0 Å². The topological polar surface area (TPSA) is 33.2 Å². The second-order valence-electron chi connectivity index (χ2n) is 5.91. The summed E-state index contributed by atoms with van der Waals surface area (Å²) < 4.78 is 37.6. The molecule has 0 N–H and O–H groups in total. The van der Waals surface area contributed by atoms with Crippen molar-refractivity contribution in [1.29, 1.82) is 0 Å². The summed E-state index contributed by atoms with van der Waals surface area (Å²) in [5, 5.41) is 0.414. The van der Waals surface area contributed by atoms with E-state index in [4.69, 9.17) is 0 Å². The molecule has 2 aromatic rings. The first kappa shape index (κ1) is 17.8. The van der Waals surface area contributed by atoms with Gasteiger partial charge in [-0.25, -0.2) is 4.98 Å². The molecular weight excluding hydrogens is 349 g/mol. The molecule has 132 valence electrons. The van der Waals surface area contributed by atoms with Gasteiger partial charge in [-0.1, -0.05) is 42.1 Å². The third-order valence-corrected chi connectivity index (χ3v) is 4.84. The molecule has 0 bridgehead atoms. The van der Waals surface area contributed by atoms with Crippen molar-refractivity contribution < 1.29 is 18.0 Å². The van der Waals surface area contributed by atoms with E-state index >= 15 is 0 Å². The summed E-state index contributed by atoms with van der Waals surface area (Å²) in [5.41, 5.74) is 0.285. The van der Waals surface area contributed by atoms with Crippen LogP contribution in [0.15, 0.2) is 53.7 Å². The summed E-state index contributed by atoms with van der Waals surface area (Å²) in [6, 6.07) is 12.3. The molecule has 1 amide bonds. The fourth-order valence-corrected chi connectivity index (χ4v) is 3.17. The van der Waals surface area contributed by atoms with Crippen LogP contribution in [-0.2, 0) is 17.5 Å². The lowest BCUT2D eigenvalue weighted by molar-refractivity contribution is -0.138. The Hall–Kier alpha value is -2.02. The zero-order chi connectivity index (χ0) is 17.9. The molecule has 3 rings (SSSR count). The third-order valence-electron chi connectivity index (χ3n) is 3.91. The number of amides is 1. The average molecular weight is 366 g/mol. The predicted octanol–water partition coefficient (Wildman–Crippen LogP) is 4.38. The van der Waals surface area contributed by atoms with Crippen LogP contribution in [0.2, 0.25) is 0 Å². The quantitative estimate of drug-likeness (QED) is 0.711. The van der Waals surface area contributed by atoms with E-state index in [0.29, 0.717) is 11.6 Å². The molecule has 0 unspecified atom stereocenters. The second kappa shape index (κ2) is 7.47. The number of carbonyl (C=O) groups is 1. The monoisotopic (exact) mass is 366 g/mol. The first-order valence-electron chi connectivity index (χ1n) is 7.93. The molecule has 0 saturated heterocycles. The summed E-state index contributed by atoms with van der Waals surface area (Å²) >= 11 is 1.16. The Labute approximate surface area is 148 Å². The van der Waals surface area contributed by atoms with Gasteiger partial charge in [-0.15, -0.1) is 0 Å². The van der Waals surface area contributed by atoms with Gasteiger partial charge in [0.2, 0.25) is 5.91 Å². The smallest absolute Gasteiger partial charge is 0.335 e. The highest BCUT2D eigenvalue weighted by Crippen LogP contribution is 2.31. The van der Waals surface area contributed by atoms with E-state index in [9.17, 15) is 18.0 Å². The first-order valence-corrected chi connectivity index (χ1v) is 8.91.